The molecule has 0 aliphatic rings. The van der Waals surface area contributed by atoms with Gasteiger partial charge in [-0.3, -0.25) is 14.3 Å². The summed E-state index contributed by atoms with van der Waals surface area (Å²) in [5.41, 5.74) is 5.30. The third-order valence-corrected chi connectivity index (χ3v) is 3.23. The highest BCUT2D eigenvalue weighted by Gasteiger charge is 2.05. The number of nitrogens with two attached hydrogens (primary N) is 1. The van der Waals surface area contributed by atoms with E-state index in [4.69, 9.17) is 10.5 Å². The molecule has 2 aromatic rings. The predicted octanol–water partition coefficient (Wildman–Crippen LogP) is 0.938. The molecule has 0 saturated heterocycles. The highest BCUT2D eigenvalue weighted by Crippen LogP contribution is 2.25. The third kappa shape index (κ3) is 2.87. The monoisotopic (exact) mass is 325 g/mol. The molecule has 6 nitrogen and oxygen atoms in total. The molecule has 0 aliphatic carbocycles. The first kappa shape index (κ1) is 13.4. The summed E-state index contributed by atoms with van der Waals surface area (Å²) < 4.78 is 7.25. The number of benzene rings is 1. The van der Waals surface area contributed by atoms with Crippen molar-refractivity contribution in [3.05, 3.63) is 55.3 Å². The Morgan fingerprint density at radius 3 is 2.79 bits per heavy atom. The van der Waals surface area contributed by atoms with Crippen LogP contribution in [0.25, 0.3) is 0 Å². The minimum absolute atomic E-state index is 0.00665. The lowest BCUT2D eigenvalue weighted by Gasteiger charge is -2.08. The predicted molar refractivity (Wildman–Crippen MR) is 75.5 cm³/mol. The topological polar surface area (TPSA) is 90.1 Å². The summed E-state index contributed by atoms with van der Waals surface area (Å²) in [5, 5.41) is 0. The first-order chi connectivity index (χ1) is 9.01. The molecule has 0 radical (unpaired) electrons. The second-order valence-electron chi connectivity index (χ2n) is 3.94. The van der Waals surface area contributed by atoms with Crippen molar-refractivity contribution in [2.45, 2.75) is 6.54 Å². The molecule has 0 fully saturated rings. The molecule has 2 rings (SSSR count). The highest BCUT2D eigenvalue weighted by atomic mass is 79.9. The lowest BCUT2D eigenvalue weighted by molar-refractivity contribution is 0.412. The van der Waals surface area contributed by atoms with E-state index in [1.165, 1.54) is 10.8 Å². The van der Waals surface area contributed by atoms with E-state index in [-0.39, 0.29) is 5.69 Å². The van der Waals surface area contributed by atoms with E-state index in [9.17, 15) is 9.59 Å². The Balaban J connectivity index is 2.36. The van der Waals surface area contributed by atoms with Crippen molar-refractivity contribution in [1.82, 2.24) is 9.55 Å². The molecule has 0 unspecified atom stereocenters. The van der Waals surface area contributed by atoms with Gasteiger partial charge in [-0.05, 0) is 33.6 Å². The van der Waals surface area contributed by atoms with Crippen LogP contribution in [0, 0.1) is 0 Å². The number of nitrogen functional groups attached to an aromatic ring is 1. The van der Waals surface area contributed by atoms with Crippen LogP contribution in [0.4, 0.5) is 5.69 Å². The molecular weight excluding hydrogens is 314 g/mol. The van der Waals surface area contributed by atoms with Crippen LogP contribution in [-0.4, -0.2) is 16.7 Å². The fourth-order valence-electron chi connectivity index (χ4n) is 1.65. The zero-order chi connectivity index (χ0) is 14.0. The number of H-pyrrole nitrogens is 1. The van der Waals surface area contributed by atoms with Crippen molar-refractivity contribution >= 4 is 21.6 Å². The van der Waals surface area contributed by atoms with E-state index in [2.05, 4.69) is 20.9 Å². The van der Waals surface area contributed by atoms with Crippen molar-refractivity contribution in [3.63, 3.8) is 0 Å². The second kappa shape index (κ2) is 5.31. The van der Waals surface area contributed by atoms with Gasteiger partial charge in [0.2, 0.25) is 0 Å². The zero-order valence-corrected chi connectivity index (χ0v) is 11.7. The molecule has 7 heteroatoms. The summed E-state index contributed by atoms with van der Waals surface area (Å²) in [7, 11) is 1.58. The van der Waals surface area contributed by atoms with E-state index in [1.807, 2.05) is 12.1 Å². The smallest absolute Gasteiger partial charge is 0.328 e. The highest BCUT2D eigenvalue weighted by molar-refractivity contribution is 9.10. The largest absolute Gasteiger partial charge is 0.496 e. The molecule has 19 heavy (non-hydrogen) atoms. The van der Waals surface area contributed by atoms with E-state index in [1.54, 1.807) is 13.2 Å². The molecule has 1 aromatic heterocycles. The molecule has 0 spiro atoms. The van der Waals surface area contributed by atoms with Gasteiger partial charge in [0.15, 0.2) is 0 Å². The Hall–Kier alpha value is -2.02. The lowest BCUT2D eigenvalue weighted by Crippen LogP contribution is -2.31. The fraction of sp³-hybridized carbons (Fsp3) is 0.167. The molecule has 1 aromatic carbocycles. The summed E-state index contributed by atoms with van der Waals surface area (Å²) in [4.78, 5) is 24.9. The maximum atomic E-state index is 11.6. The summed E-state index contributed by atoms with van der Waals surface area (Å²) in [6, 6.07) is 5.46. The number of nitrogens with one attached hydrogen (secondary N) is 1. The summed E-state index contributed by atoms with van der Waals surface area (Å²) >= 11 is 3.37. The van der Waals surface area contributed by atoms with E-state index in [0.29, 0.717) is 12.3 Å². The van der Waals surface area contributed by atoms with E-state index >= 15 is 0 Å². The van der Waals surface area contributed by atoms with Crippen LogP contribution in [0.3, 0.4) is 0 Å². The Morgan fingerprint density at radius 2 is 2.16 bits per heavy atom. The van der Waals surface area contributed by atoms with Crippen LogP contribution < -0.4 is 21.7 Å². The maximum Gasteiger partial charge on any atom is 0.328 e. The Kier molecular flexibility index (Phi) is 3.75. The van der Waals surface area contributed by atoms with Crippen LogP contribution in [0.5, 0.6) is 5.75 Å². The second-order valence-corrected chi connectivity index (χ2v) is 4.79. The van der Waals surface area contributed by atoms with Gasteiger partial charge in [0.25, 0.3) is 5.56 Å². The molecular formula is C12H12BrN3O3. The average molecular weight is 326 g/mol. The molecule has 0 aliphatic heterocycles. The third-order valence-electron chi connectivity index (χ3n) is 2.61. The number of ether oxygens (including phenoxy) is 1. The number of rotatable bonds is 3. The van der Waals surface area contributed by atoms with Gasteiger partial charge in [-0.25, -0.2) is 4.79 Å². The van der Waals surface area contributed by atoms with Crippen LogP contribution in [-0.2, 0) is 6.54 Å². The number of methoxy groups -OCH3 is 1. The minimum Gasteiger partial charge on any atom is -0.496 e. The van der Waals surface area contributed by atoms with Crippen molar-refractivity contribution in [2.75, 3.05) is 12.8 Å². The number of halogens is 1. The SMILES string of the molecule is COc1ccc(Cn2cc(N)c(=O)[nH]c2=O)cc1Br. The van der Waals surface area contributed by atoms with Crippen molar-refractivity contribution < 1.29 is 4.74 Å². The van der Waals surface area contributed by atoms with Gasteiger partial charge in [-0.2, -0.15) is 0 Å². The van der Waals surface area contributed by atoms with E-state index < -0.39 is 11.2 Å². The van der Waals surface area contributed by atoms with Gasteiger partial charge < -0.3 is 10.5 Å². The molecule has 0 saturated carbocycles. The number of hydrogen-bond donors (Lipinski definition) is 2. The Morgan fingerprint density at radius 1 is 1.42 bits per heavy atom. The van der Waals surface area contributed by atoms with Crippen molar-refractivity contribution in [1.29, 1.82) is 0 Å². The molecule has 1 heterocycles. The number of anilines is 1. The number of aromatic nitrogens is 2. The normalized spacial score (nSPS) is 10.4. The molecule has 0 bridgehead atoms. The van der Waals surface area contributed by atoms with Gasteiger partial charge >= 0.3 is 5.69 Å². The molecule has 3 N–H and O–H groups in total. The molecule has 0 amide bonds. The van der Waals surface area contributed by atoms with Gasteiger partial charge in [0.1, 0.15) is 11.4 Å². The number of aromatic amines is 1. The summed E-state index contributed by atoms with van der Waals surface area (Å²) in [5.74, 6) is 0.706. The molecule has 0 atom stereocenters. The van der Waals surface area contributed by atoms with Gasteiger partial charge in [-0.1, -0.05) is 6.07 Å². The summed E-state index contributed by atoms with van der Waals surface area (Å²) in [6.45, 7) is 0.308. The van der Waals surface area contributed by atoms with Crippen LogP contribution in [0.15, 0.2) is 38.5 Å². The van der Waals surface area contributed by atoms with Crippen LogP contribution >= 0.6 is 15.9 Å². The summed E-state index contributed by atoms with van der Waals surface area (Å²) in [6.07, 6.45) is 1.33. The standard InChI is InChI=1S/C12H12BrN3O3/c1-19-10-3-2-7(4-8(10)13)5-16-6-9(14)11(17)15-12(16)18/h2-4,6H,5,14H2,1H3,(H,15,17,18). The molecule has 100 valence electrons. The van der Waals surface area contributed by atoms with Crippen molar-refractivity contribution in [3.8, 4) is 5.75 Å². The first-order valence-corrected chi connectivity index (χ1v) is 6.22. The Bertz CT molecular complexity index is 721. The van der Waals surface area contributed by atoms with E-state index in [0.717, 1.165) is 10.0 Å². The van der Waals surface area contributed by atoms with Gasteiger partial charge in [-0.15, -0.1) is 0 Å². The first-order valence-electron chi connectivity index (χ1n) is 5.43. The number of hydrogen-bond acceptors (Lipinski definition) is 4. The number of nitrogens with zero attached hydrogens (tertiary/aromatic N) is 1. The van der Waals surface area contributed by atoms with Gasteiger partial charge in [0, 0.05) is 6.20 Å². The maximum absolute atomic E-state index is 11.6. The van der Waals surface area contributed by atoms with Gasteiger partial charge in [0.05, 0.1) is 18.1 Å². The quantitative estimate of drug-likeness (QED) is 0.878. The Labute approximate surface area is 117 Å². The minimum atomic E-state index is -0.572. The van der Waals surface area contributed by atoms with Crippen molar-refractivity contribution in [2.24, 2.45) is 0 Å². The zero-order valence-electron chi connectivity index (χ0n) is 10.1. The van der Waals surface area contributed by atoms with Crippen LogP contribution in [0.1, 0.15) is 5.56 Å². The average Bonchev–Trinajstić information content (AvgIpc) is 2.36. The van der Waals surface area contributed by atoms with Crippen LogP contribution in [0.2, 0.25) is 0 Å². The lowest BCUT2D eigenvalue weighted by atomic mass is 10.2. The fourth-order valence-corrected chi connectivity index (χ4v) is 2.24.